The van der Waals surface area contributed by atoms with E-state index in [1.807, 2.05) is 51.1 Å². The molecule has 7 heteroatoms. The van der Waals surface area contributed by atoms with Crippen molar-refractivity contribution in [2.45, 2.75) is 38.9 Å². The highest BCUT2D eigenvalue weighted by Gasteiger charge is 2.36. The lowest BCUT2D eigenvalue weighted by Gasteiger charge is -2.27. The molecule has 29 heavy (non-hydrogen) atoms. The van der Waals surface area contributed by atoms with Crippen molar-refractivity contribution in [3.8, 4) is 5.75 Å². The fourth-order valence-corrected chi connectivity index (χ4v) is 3.55. The number of carbonyl (C=O) groups excluding carboxylic acids is 1. The molecule has 4 nitrogen and oxygen atoms in total. The van der Waals surface area contributed by atoms with Gasteiger partial charge in [-0.25, -0.2) is 13.6 Å². The minimum atomic E-state index is -0.753. The SMILES string of the molecule is CC(C)(C)OC(=O)N1CC[C@@H]([C@H](Oc2c(F)ccc(F)c2Cl)c2ccccc2)C1. The fraction of sp³-hybridized carbons (Fsp3) is 0.409. The Hall–Kier alpha value is -2.34. The number of ether oxygens (including phenoxy) is 2. The standard InChI is InChI=1S/C22H24ClF2NO3/c1-22(2,3)29-21(27)26-12-11-15(13-26)19(14-7-5-4-6-8-14)28-20-17(25)10-9-16(24)18(20)23/h4-10,15,19H,11-13H2,1-3H3/t15-,19-/m1/s1. The molecule has 2 atom stereocenters. The maximum Gasteiger partial charge on any atom is 0.410 e. The summed E-state index contributed by atoms with van der Waals surface area (Å²) >= 11 is 5.96. The van der Waals surface area contributed by atoms with Crippen molar-refractivity contribution in [3.05, 3.63) is 64.7 Å². The van der Waals surface area contributed by atoms with Gasteiger partial charge in [-0.2, -0.15) is 0 Å². The predicted octanol–water partition coefficient (Wildman–Crippen LogP) is 6.00. The van der Waals surface area contributed by atoms with E-state index in [2.05, 4.69) is 0 Å². The third kappa shape index (κ3) is 5.18. The molecule has 3 rings (SSSR count). The van der Waals surface area contributed by atoms with Gasteiger partial charge in [-0.3, -0.25) is 0 Å². The van der Waals surface area contributed by atoms with E-state index >= 15 is 0 Å². The summed E-state index contributed by atoms with van der Waals surface area (Å²) < 4.78 is 39.6. The number of nitrogens with zero attached hydrogens (tertiary/aromatic N) is 1. The first-order valence-electron chi connectivity index (χ1n) is 9.49. The molecule has 0 radical (unpaired) electrons. The number of amides is 1. The number of likely N-dealkylation sites (tertiary alicyclic amines) is 1. The summed E-state index contributed by atoms with van der Waals surface area (Å²) in [5.74, 6) is -1.95. The van der Waals surface area contributed by atoms with Gasteiger partial charge in [0, 0.05) is 19.0 Å². The van der Waals surface area contributed by atoms with Gasteiger partial charge in [0.15, 0.2) is 11.6 Å². The first kappa shape index (κ1) is 21.4. The predicted molar refractivity (Wildman–Crippen MR) is 107 cm³/mol. The van der Waals surface area contributed by atoms with Gasteiger partial charge in [0.2, 0.25) is 0 Å². The van der Waals surface area contributed by atoms with Gasteiger partial charge in [0.05, 0.1) is 0 Å². The molecule has 0 spiro atoms. The Kier molecular flexibility index (Phi) is 6.32. The second-order valence-corrected chi connectivity index (χ2v) is 8.47. The molecule has 0 aliphatic carbocycles. The van der Waals surface area contributed by atoms with Gasteiger partial charge in [-0.05, 0) is 44.9 Å². The van der Waals surface area contributed by atoms with Gasteiger partial charge in [-0.15, -0.1) is 0 Å². The van der Waals surface area contributed by atoms with Crippen LogP contribution in [-0.4, -0.2) is 29.7 Å². The normalized spacial score (nSPS) is 17.9. The van der Waals surface area contributed by atoms with Gasteiger partial charge in [-0.1, -0.05) is 41.9 Å². The molecule has 1 heterocycles. The molecule has 0 saturated carbocycles. The Balaban J connectivity index is 1.85. The van der Waals surface area contributed by atoms with Crippen molar-refractivity contribution in [1.29, 1.82) is 0 Å². The monoisotopic (exact) mass is 423 g/mol. The Bertz CT molecular complexity index is 870. The highest BCUT2D eigenvalue weighted by molar-refractivity contribution is 6.32. The van der Waals surface area contributed by atoms with E-state index < -0.39 is 34.5 Å². The first-order valence-corrected chi connectivity index (χ1v) is 9.86. The summed E-state index contributed by atoms with van der Waals surface area (Å²) in [7, 11) is 0. The van der Waals surface area contributed by atoms with E-state index in [0.717, 1.165) is 17.7 Å². The summed E-state index contributed by atoms with van der Waals surface area (Å²) in [5.41, 5.74) is 0.200. The summed E-state index contributed by atoms with van der Waals surface area (Å²) in [5, 5.41) is -0.395. The van der Waals surface area contributed by atoms with E-state index in [1.165, 1.54) is 0 Å². The number of halogens is 3. The van der Waals surface area contributed by atoms with Crippen molar-refractivity contribution >= 4 is 17.7 Å². The van der Waals surface area contributed by atoms with Crippen molar-refractivity contribution in [1.82, 2.24) is 4.90 Å². The molecule has 0 aromatic heterocycles. The molecule has 0 N–H and O–H groups in total. The molecule has 2 aromatic rings. The Morgan fingerprint density at radius 1 is 1.14 bits per heavy atom. The smallest absolute Gasteiger partial charge is 0.410 e. The van der Waals surface area contributed by atoms with Crippen LogP contribution in [0.2, 0.25) is 5.02 Å². The highest BCUT2D eigenvalue weighted by Crippen LogP contribution is 2.39. The number of hydrogen-bond donors (Lipinski definition) is 0. The van der Waals surface area contributed by atoms with E-state index in [1.54, 1.807) is 4.90 Å². The lowest BCUT2D eigenvalue weighted by Crippen LogP contribution is -2.36. The second-order valence-electron chi connectivity index (χ2n) is 8.10. The summed E-state index contributed by atoms with van der Waals surface area (Å²) in [6.07, 6.45) is -0.368. The molecule has 2 aromatic carbocycles. The van der Waals surface area contributed by atoms with Crippen molar-refractivity contribution in [2.75, 3.05) is 13.1 Å². The number of carbonyl (C=O) groups is 1. The Morgan fingerprint density at radius 2 is 1.79 bits per heavy atom. The average Bonchev–Trinajstić information content (AvgIpc) is 3.14. The lowest BCUT2D eigenvalue weighted by molar-refractivity contribution is 0.0272. The Labute approximate surface area is 174 Å². The van der Waals surface area contributed by atoms with Crippen molar-refractivity contribution in [2.24, 2.45) is 5.92 Å². The topological polar surface area (TPSA) is 38.8 Å². The third-order valence-corrected chi connectivity index (χ3v) is 5.03. The number of rotatable bonds is 4. The van der Waals surface area contributed by atoms with E-state index in [9.17, 15) is 13.6 Å². The van der Waals surface area contributed by atoms with Crippen LogP contribution >= 0.6 is 11.6 Å². The molecule has 156 valence electrons. The molecular formula is C22H24ClF2NO3. The highest BCUT2D eigenvalue weighted by atomic mass is 35.5. The van der Waals surface area contributed by atoms with E-state index in [0.29, 0.717) is 19.5 Å². The van der Waals surface area contributed by atoms with E-state index in [4.69, 9.17) is 21.1 Å². The molecule has 0 bridgehead atoms. The molecule has 1 aliphatic heterocycles. The minimum absolute atomic E-state index is 0.136. The molecule has 1 fully saturated rings. The Morgan fingerprint density at radius 3 is 2.45 bits per heavy atom. The van der Waals surface area contributed by atoms with Gasteiger partial charge >= 0.3 is 6.09 Å². The maximum atomic E-state index is 14.3. The third-order valence-electron chi connectivity index (χ3n) is 4.68. The largest absolute Gasteiger partial charge is 0.481 e. The van der Waals surface area contributed by atoms with Gasteiger partial charge < -0.3 is 14.4 Å². The molecule has 1 saturated heterocycles. The molecule has 1 aliphatic rings. The maximum absolute atomic E-state index is 14.3. The average molecular weight is 424 g/mol. The van der Waals surface area contributed by atoms with Crippen LogP contribution in [-0.2, 0) is 4.74 Å². The van der Waals surface area contributed by atoms with Crippen LogP contribution in [0.1, 0.15) is 38.9 Å². The first-order chi connectivity index (χ1) is 13.7. The number of hydrogen-bond acceptors (Lipinski definition) is 3. The summed E-state index contributed by atoms with van der Waals surface area (Å²) in [6.45, 7) is 6.30. The van der Waals surface area contributed by atoms with Gasteiger partial charge in [0.25, 0.3) is 0 Å². The van der Waals surface area contributed by atoms with Crippen molar-refractivity contribution in [3.63, 3.8) is 0 Å². The van der Waals surface area contributed by atoms with Crippen molar-refractivity contribution < 1.29 is 23.0 Å². The van der Waals surface area contributed by atoms with Crippen LogP contribution in [0.3, 0.4) is 0 Å². The second kappa shape index (κ2) is 8.57. The van der Waals surface area contributed by atoms with Crippen LogP contribution in [0.15, 0.2) is 42.5 Å². The summed E-state index contributed by atoms with van der Waals surface area (Å²) in [6, 6.07) is 11.2. The zero-order valence-corrected chi connectivity index (χ0v) is 17.4. The van der Waals surface area contributed by atoms with Crippen LogP contribution in [0.25, 0.3) is 0 Å². The molecular weight excluding hydrogens is 400 g/mol. The lowest BCUT2D eigenvalue weighted by atomic mass is 9.94. The van der Waals surface area contributed by atoms with Crippen LogP contribution in [0, 0.1) is 17.6 Å². The minimum Gasteiger partial charge on any atom is -0.481 e. The zero-order chi connectivity index (χ0) is 21.2. The number of benzene rings is 2. The van der Waals surface area contributed by atoms with Crippen LogP contribution in [0.4, 0.5) is 13.6 Å². The molecule has 0 unspecified atom stereocenters. The summed E-state index contributed by atoms with van der Waals surface area (Å²) in [4.78, 5) is 14.0. The fourth-order valence-electron chi connectivity index (χ4n) is 3.35. The van der Waals surface area contributed by atoms with Crippen LogP contribution < -0.4 is 4.74 Å². The van der Waals surface area contributed by atoms with Gasteiger partial charge in [0.1, 0.15) is 22.5 Å². The zero-order valence-electron chi connectivity index (χ0n) is 16.6. The quantitative estimate of drug-likeness (QED) is 0.566. The van der Waals surface area contributed by atoms with E-state index in [-0.39, 0.29) is 11.7 Å². The molecule has 1 amide bonds. The van der Waals surface area contributed by atoms with Crippen LogP contribution in [0.5, 0.6) is 5.75 Å².